The number of pyridine rings is 2. The van der Waals surface area contributed by atoms with E-state index in [2.05, 4.69) is 25.7 Å². The summed E-state index contributed by atoms with van der Waals surface area (Å²) in [6, 6.07) is 9.72. The van der Waals surface area contributed by atoms with Crippen molar-refractivity contribution in [3.63, 3.8) is 0 Å². The Morgan fingerprint density at radius 1 is 1.08 bits per heavy atom. The van der Waals surface area contributed by atoms with Gasteiger partial charge in [-0.25, -0.2) is 0 Å². The zero-order chi connectivity index (χ0) is 17.8. The molecule has 1 aliphatic rings. The summed E-state index contributed by atoms with van der Waals surface area (Å²) in [7, 11) is 0. The highest BCUT2D eigenvalue weighted by molar-refractivity contribution is 6.03. The maximum atomic E-state index is 12.3. The number of carbonyl (C=O) groups excluding carboxylic acids is 1. The van der Waals surface area contributed by atoms with Crippen LogP contribution >= 0.6 is 0 Å². The van der Waals surface area contributed by atoms with Gasteiger partial charge in [0.15, 0.2) is 5.65 Å². The number of rotatable bonds is 4. The van der Waals surface area contributed by atoms with Gasteiger partial charge in [0, 0.05) is 18.4 Å². The number of nitrogens with zero attached hydrogens (tertiary/aromatic N) is 4. The number of hydrogen-bond acceptors (Lipinski definition) is 5. The second kappa shape index (κ2) is 7.51. The van der Waals surface area contributed by atoms with Gasteiger partial charge in [0.2, 0.25) is 5.95 Å². The molecule has 134 valence electrons. The van der Waals surface area contributed by atoms with Crippen molar-refractivity contribution >= 4 is 23.3 Å². The lowest BCUT2D eigenvalue weighted by Gasteiger charge is -2.17. The minimum absolute atomic E-state index is 0.271. The lowest BCUT2D eigenvalue weighted by molar-refractivity contribution is 0.102. The molecule has 0 aromatic carbocycles. The molecule has 0 saturated heterocycles. The predicted molar refractivity (Wildman–Crippen MR) is 100 cm³/mol. The molecule has 3 heterocycles. The van der Waals surface area contributed by atoms with E-state index in [0.29, 0.717) is 17.3 Å². The fourth-order valence-corrected chi connectivity index (χ4v) is 3.37. The second-order valence-electron chi connectivity index (χ2n) is 6.65. The molecule has 7 nitrogen and oxygen atoms in total. The Bertz CT molecular complexity index is 883. The first-order valence-corrected chi connectivity index (χ1v) is 9.13. The molecule has 0 aliphatic heterocycles. The number of fused-ring (bicyclic) bond motifs is 1. The lowest BCUT2D eigenvalue weighted by Crippen LogP contribution is -2.20. The van der Waals surface area contributed by atoms with E-state index in [4.69, 9.17) is 0 Å². The maximum absolute atomic E-state index is 12.3. The minimum Gasteiger partial charge on any atom is -0.367 e. The van der Waals surface area contributed by atoms with Crippen LogP contribution in [0.1, 0.15) is 48.9 Å². The highest BCUT2D eigenvalue weighted by Crippen LogP contribution is 2.22. The number of anilines is 2. The molecule has 1 saturated carbocycles. The van der Waals surface area contributed by atoms with Crippen molar-refractivity contribution in [2.45, 2.75) is 44.6 Å². The largest absolute Gasteiger partial charge is 0.367 e. The average molecular weight is 350 g/mol. The van der Waals surface area contributed by atoms with E-state index in [1.807, 2.05) is 18.2 Å². The molecule has 0 bridgehead atoms. The summed E-state index contributed by atoms with van der Waals surface area (Å²) in [6.07, 6.45) is 10.7. The van der Waals surface area contributed by atoms with Crippen molar-refractivity contribution in [2.24, 2.45) is 0 Å². The molecular weight excluding hydrogens is 328 g/mol. The highest BCUT2D eigenvalue weighted by atomic mass is 16.1. The zero-order valence-corrected chi connectivity index (χ0v) is 14.6. The van der Waals surface area contributed by atoms with E-state index >= 15 is 0 Å². The summed E-state index contributed by atoms with van der Waals surface area (Å²) in [5, 5.41) is 10.8. The highest BCUT2D eigenvalue weighted by Gasteiger charge is 2.15. The van der Waals surface area contributed by atoms with Crippen molar-refractivity contribution in [1.29, 1.82) is 0 Å². The minimum atomic E-state index is -0.271. The summed E-state index contributed by atoms with van der Waals surface area (Å²) >= 11 is 0. The van der Waals surface area contributed by atoms with Crippen LogP contribution in [0.25, 0.3) is 5.65 Å². The lowest BCUT2D eigenvalue weighted by atomic mass is 10.1. The maximum Gasteiger partial charge on any atom is 0.259 e. The summed E-state index contributed by atoms with van der Waals surface area (Å²) in [5.41, 5.74) is 1.17. The molecule has 1 aliphatic carbocycles. The third kappa shape index (κ3) is 3.66. The third-order valence-corrected chi connectivity index (χ3v) is 4.72. The Kier molecular flexibility index (Phi) is 4.77. The van der Waals surface area contributed by atoms with Gasteiger partial charge in [-0.1, -0.05) is 31.7 Å². The van der Waals surface area contributed by atoms with Crippen LogP contribution in [0, 0.1) is 0 Å². The number of amides is 1. The van der Waals surface area contributed by atoms with Gasteiger partial charge in [0.1, 0.15) is 5.82 Å². The molecule has 4 rings (SSSR count). The van der Waals surface area contributed by atoms with Gasteiger partial charge in [-0.05, 0) is 37.1 Å². The molecule has 0 radical (unpaired) electrons. The van der Waals surface area contributed by atoms with Gasteiger partial charge < -0.3 is 5.32 Å². The SMILES string of the molecule is O=C(Nc1nc2cccc(NC3CCCCCC3)n2n1)c1cccnc1. The standard InChI is InChI=1S/C19H22N6O/c26-18(14-7-6-12-20-13-14)23-19-22-17-11-5-10-16(25(17)24-19)21-15-8-3-1-2-4-9-15/h5-7,10-13,15,21H,1-4,8-9H2,(H,23,24,26). The van der Waals surface area contributed by atoms with Gasteiger partial charge in [0.25, 0.3) is 5.91 Å². The van der Waals surface area contributed by atoms with Crippen LogP contribution in [-0.4, -0.2) is 31.5 Å². The van der Waals surface area contributed by atoms with Crippen molar-refractivity contribution in [3.05, 3.63) is 48.3 Å². The normalized spacial score (nSPS) is 15.5. The molecule has 1 amide bonds. The molecule has 3 aromatic rings. The first kappa shape index (κ1) is 16.5. The first-order valence-electron chi connectivity index (χ1n) is 9.13. The van der Waals surface area contributed by atoms with E-state index in [-0.39, 0.29) is 11.9 Å². The Balaban J connectivity index is 1.54. The van der Waals surface area contributed by atoms with Gasteiger partial charge in [0.05, 0.1) is 5.56 Å². The fraction of sp³-hybridized carbons (Fsp3) is 0.368. The van der Waals surface area contributed by atoms with Crippen LogP contribution in [0.3, 0.4) is 0 Å². The van der Waals surface area contributed by atoms with Crippen molar-refractivity contribution < 1.29 is 4.79 Å². The molecule has 1 fully saturated rings. The van der Waals surface area contributed by atoms with Gasteiger partial charge in [-0.15, -0.1) is 5.10 Å². The molecule has 3 aromatic heterocycles. The van der Waals surface area contributed by atoms with E-state index in [0.717, 1.165) is 5.82 Å². The molecule has 0 unspecified atom stereocenters. The van der Waals surface area contributed by atoms with E-state index < -0.39 is 0 Å². The molecule has 0 spiro atoms. The Morgan fingerprint density at radius 2 is 1.92 bits per heavy atom. The summed E-state index contributed by atoms with van der Waals surface area (Å²) < 4.78 is 1.75. The Labute approximate surface area is 151 Å². The van der Waals surface area contributed by atoms with Crippen LogP contribution in [0.15, 0.2) is 42.7 Å². The Morgan fingerprint density at radius 3 is 2.69 bits per heavy atom. The van der Waals surface area contributed by atoms with Gasteiger partial charge in [-0.3, -0.25) is 15.1 Å². The topological polar surface area (TPSA) is 84.2 Å². The zero-order valence-electron chi connectivity index (χ0n) is 14.6. The first-order chi connectivity index (χ1) is 12.8. The Hall–Kier alpha value is -2.96. The number of aromatic nitrogens is 4. The third-order valence-electron chi connectivity index (χ3n) is 4.72. The van der Waals surface area contributed by atoms with Crippen LogP contribution in [-0.2, 0) is 0 Å². The molecular formula is C19H22N6O. The summed E-state index contributed by atoms with van der Waals surface area (Å²) in [4.78, 5) is 20.6. The number of nitrogens with one attached hydrogen (secondary N) is 2. The van der Waals surface area contributed by atoms with Gasteiger partial charge >= 0.3 is 0 Å². The van der Waals surface area contributed by atoms with E-state index in [1.165, 1.54) is 44.7 Å². The molecule has 7 heteroatoms. The van der Waals surface area contributed by atoms with Crippen LogP contribution in [0.5, 0.6) is 0 Å². The van der Waals surface area contributed by atoms with Crippen molar-refractivity contribution in [3.8, 4) is 0 Å². The van der Waals surface area contributed by atoms with E-state index in [9.17, 15) is 4.79 Å². The number of carbonyl (C=O) groups is 1. The van der Waals surface area contributed by atoms with E-state index in [1.54, 1.807) is 22.8 Å². The molecule has 2 N–H and O–H groups in total. The van der Waals surface area contributed by atoms with Gasteiger partial charge in [-0.2, -0.15) is 9.50 Å². The van der Waals surface area contributed by atoms with Crippen molar-refractivity contribution in [2.75, 3.05) is 10.6 Å². The van der Waals surface area contributed by atoms with Crippen LogP contribution < -0.4 is 10.6 Å². The van der Waals surface area contributed by atoms with Crippen LogP contribution in [0.4, 0.5) is 11.8 Å². The van der Waals surface area contributed by atoms with Crippen molar-refractivity contribution in [1.82, 2.24) is 19.6 Å². The molecule has 0 atom stereocenters. The summed E-state index contributed by atoms with van der Waals surface area (Å²) in [5.74, 6) is 0.921. The second-order valence-corrected chi connectivity index (χ2v) is 6.65. The van der Waals surface area contributed by atoms with Crippen LogP contribution in [0.2, 0.25) is 0 Å². The quantitative estimate of drug-likeness (QED) is 0.704. The fourth-order valence-electron chi connectivity index (χ4n) is 3.37. The average Bonchev–Trinajstić information content (AvgIpc) is 2.90. The molecule has 26 heavy (non-hydrogen) atoms. The summed E-state index contributed by atoms with van der Waals surface area (Å²) in [6.45, 7) is 0. The predicted octanol–water partition coefficient (Wildman–Crippen LogP) is 3.51. The number of hydrogen-bond donors (Lipinski definition) is 2. The smallest absolute Gasteiger partial charge is 0.259 e. The monoisotopic (exact) mass is 350 g/mol.